The van der Waals surface area contributed by atoms with E-state index in [2.05, 4.69) is 36.7 Å². The van der Waals surface area contributed by atoms with Gasteiger partial charge in [0.05, 0.1) is 0 Å². The average molecular weight is 241 g/mol. The molecule has 2 heteroatoms. The minimum atomic E-state index is 0.0957. The monoisotopic (exact) mass is 240 g/mol. The second-order valence-corrected chi connectivity index (χ2v) is 4.96. The van der Waals surface area contributed by atoms with Crippen molar-refractivity contribution in [1.29, 1.82) is 0 Å². The van der Waals surface area contributed by atoms with Crippen molar-refractivity contribution in [1.82, 2.24) is 0 Å². The highest BCUT2D eigenvalue weighted by atomic mass is 79.9. The summed E-state index contributed by atoms with van der Waals surface area (Å²) in [6.45, 7) is 6.39. The molecule has 0 aliphatic rings. The molecule has 0 heterocycles. The third-order valence-corrected chi connectivity index (χ3v) is 2.71. The summed E-state index contributed by atoms with van der Waals surface area (Å²) < 4.78 is 0.857. The molecule has 0 amide bonds. The fourth-order valence-electron chi connectivity index (χ4n) is 1.10. The molecule has 0 bridgehead atoms. The number of carbonyl (C=O) groups excluding carboxylic acids is 1. The van der Waals surface area contributed by atoms with Gasteiger partial charge in [-0.3, -0.25) is 4.79 Å². The van der Waals surface area contributed by atoms with Gasteiger partial charge >= 0.3 is 0 Å². The first kappa shape index (κ1) is 10.5. The van der Waals surface area contributed by atoms with E-state index in [-0.39, 0.29) is 5.41 Å². The number of carbonyl (C=O) groups is 1. The topological polar surface area (TPSA) is 17.1 Å². The van der Waals surface area contributed by atoms with E-state index in [0.717, 1.165) is 10.8 Å². The van der Waals surface area contributed by atoms with Crippen molar-refractivity contribution in [2.45, 2.75) is 26.2 Å². The number of hydrogen-bond donors (Lipinski definition) is 0. The van der Waals surface area contributed by atoms with Crippen molar-refractivity contribution in [3.8, 4) is 0 Å². The molecule has 1 aromatic carbocycles. The molecule has 0 aromatic heterocycles. The maximum atomic E-state index is 10.7. The average Bonchev–Trinajstić information content (AvgIpc) is 2.03. The molecule has 0 saturated carbocycles. The Balaban J connectivity index is 3.21. The van der Waals surface area contributed by atoms with Gasteiger partial charge < -0.3 is 0 Å². The predicted octanol–water partition coefficient (Wildman–Crippen LogP) is 3.56. The van der Waals surface area contributed by atoms with Gasteiger partial charge in [-0.1, -0.05) is 42.8 Å². The highest BCUT2D eigenvalue weighted by molar-refractivity contribution is 9.10. The quantitative estimate of drug-likeness (QED) is 0.687. The third kappa shape index (κ3) is 2.41. The summed E-state index contributed by atoms with van der Waals surface area (Å²) in [6.07, 6.45) is 0.874. The van der Waals surface area contributed by atoms with Crippen LogP contribution in [-0.2, 0) is 5.41 Å². The highest BCUT2D eigenvalue weighted by Crippen LogP contribution is 2.25. The van der Waals surface area contributed by atoms with Crippen LogP contribution in [0.5, 0.6) is 0 Å². The van der Waals surface area contributed by atoms with E-state index in [1.165, 1.54) is 5.56 Å². The molecule has 1 nitrogen and oxygen atoms in total. The first-order chi connectivity index (χ1) is 5.95. The van der Waals surface area contributed by atoms with Crippen molar-refractivity contribution in [2.75, 3.05) is 0 Å². The van der Waals surface area contributed by atoms with Crippen molar-refractivity contribution >= 4 is 22.2 Å². The molecule has 0 aliphatic carbocycles. The summed E-state index contributed by atoms with van der Waals surface area (Å²) in [5.41, 5.74) is 1.99. The van der Waals surface area contributed by atoms with Crippen LogP contribution in [0.2, 0.25) is 0 Å². The molecule has 0 N–H and O–H groups in total. The summed E-state index contributed by atoms with van der Waals surface area (Å²) >= 11 is 3.33. The van der Waals surface area contributed by atoms with Crippen LogP contribution < -0.4 is 0 Å². The van der Waals surface area contributed by atoms with Gasteiger partial charge in [0.2, 0.25) is 0 Å². The summed E-state index contributed by atoms with van der Waals surface area (Å²) in [5, 5.41) is 0. The van der Waals surface area contributed by atoms with Crippen LogP contribution >= 0.6 is 15.9 Å². The van der Waals surface area contributed by atoms with Crippen LogP contribution in [0, 0.1) is 0 Å². The Morgan fingerprint density at radius 1 is 1.31 bits per heavy atom. The largest absolute Gasteiger partial charge is 0.298 e. The van der Waals surface area contributed by atoms with Crippen molar-refractivity contribution in [3.63, 3.8) is 0 Å². The minimum Gasteiger partial charge on any atom is -0.298 e. The standard InChI is InChI=1S/C11H13BrO/c1-11(2,3)9-4-5-10(12)8(6-9)7-13/h4-7H,1-3H3. The van der Waals surface area contributed by atoms with E-state index < -0.39 is 0 Å². The molecular weight excluding hydrogens is 228 g/mol. The van der Waals surface area contributed by atoms with Crippen LogP contribution in [0.3, 0.4) is 0 Å². The fraction of sp³-hybridized carbons (Fsp3) is 0.364. The number of benzene rings is 1. The zero-order valence-electron chi connectivity index (χ0n) is 8.10. The van der Waals surface area contributed by atoms with Crippen LogP contribution in [0.15, 0.2) is 22.7 Å². The number of hydrogen-bond acceptors (Lipinski definition) is 1. The van der Waals surface area contributed by atoms with Gasteiger partial charge in [-0.2, -0.15) is 0 Å². The number of rotatable bonds is 1. The summed E-state index contributed by atoms with van der Waals surface area (Å²) in [6, 6.07) is 5.89. The molecule has 13 heavy (non-hydrogen) atoms. The number of halogens is 1. The van der Waals surface area contributed by atoms with Crippen molar-refractivity contribution in [3.05, 3.63) is 33.8 Å². The van der Waals surface area contributed by atoms with Gasteiger partial charge in [-0.25, -0.2) is 0 Å². The van der Waals surface area contributed by atoms with Crippen LogP contribution in [0.1, 0.15) is 36.7 Å². The Morgan fingerprint density at radius 3 is 2.38 bits per heavy atom. The Hall–Kier alpha value is -0.630. The van der Waals surface area contributed by atoms with Crippen LogP contribution in [0.25, 0.3) is 0 Å². The molecule has 0 unspecified atom stereocenters. The molecular formula is C11H13BrO. The second-order valence-electron chi connectivity index (χ2n) is 4.10. The van der Waals surface area contributed by atoms with E-state index in [0.29, 0.717) is 5.56 Å². The lowest BCUT2D eigenvalue weighted by Gasteiger charge is -2.19. The SMILES string of the molecule is CC(C)(C)c1ccc(Br)c(C=O)c1. The second kappa shape index (κ2) is 3.62. The molecule has 0 aliphatic heterocycles. The zero-order chi connectivity index (χ0) is 10.1. The first-order valence-corrected chi connectivity index (χ1v) is 4.99. The van der Waals surface area contributed by atoms with Gasteiger partial charge in [-0.15, -0.1) is 0 Å². The Bertz CT molecular complexity index is 323. The smallest absolute Gasteiger partial charge is 0.151 e. The molecule has 0 spiro atoms. The zero-order valence-corrected chi connectivity index (χ0v) is 9.68. The third-order valence-electron chi connectivity index (χ3n) is 1.99. The molecule has 0 fully saturated rings. The molecule has 0 atom stereocenters. The minimum absolute atomic E-state index is 0.0957. The molecule has 0 saturated heterocycles. The lowest BCUT2D eigenvalue weighted by Crippen LogP contribution is -2.11. The van der Waals surface area contributed by atoms with Crippen LogP contribution in [0.4, 0.5) is 0 Å². The van der Waals surface area contributed by atoms with E-state index in [1.807, 2.05) is 18.2 Å². The van der Waals surface area contributed by atoms with Crippen molar-refractivity contribution < 1.29 is 4.79 Å². The number of aldehydes is 1. The van der Waals surface area contributed by atoms with E-state index in [9.17, 15) is 4.79 Å². The van der Waals surface area contributed by atoms with Gasteiger partial charge in [0.1, 0.15) is 0 Å². The first-order valence-electron chi connectivity index (χ1n) is 4.20. The summed E-state index contributed by atoms with van der Waals surface area (Å²) in [5.74, 6) is 0. The molecule has 70 valence electrons. The molecule has 1 aromatic rings. The highest BCUT2D eigenvalue weighted by Gasteiger charge is 2.14. The molecule has 1 rings (SSSR count). The van der Waals surface area contributed by atoms with Crippen molar-refractivity contribution in [2.24, 2.45) is 0 Å². The fourth-order valence-corrected chi connectivity index (χ4v) is 1.44. The predicted molar refractivity (Wildman–Crippen MR) is 58.2 cm³/mol. The van der Waals surface area contributed by atoms with Crippen LogP contribution in [-0.4, -0.2) is 6.29 Å². The van der Waals surface area contributed by atoms with Gasteiger partial charge in [0.15, 0.2) is 6.29 Å². The summed E-state index contributed by atoms with van der Waals surface area (Å²) in [4.78, 5) is 10.7. The van der Waals surface area contributed by atoms with Gasteiger partial charge in [0, 0.05) is 10.0 Å². The molecule has 0 radical (unpaired) electrons. The van der Waals surface area contributed by atoms with E-state index in [1.54, 1.807) is 0 Å². The van der Waals surface area contributed by atoms with Gasteiger partial charge in [-0.05, 0) is 23.1 Å². The maximum Gasteiger partial charge on any atom is 0.151 e. The normalized spacial score (nSPS) is 11.4. The Labute approximate surface area is 87.3 Å². The maximum absolute atomic E-state index is 10.7. The lowest BCUT2D eigenvalue weighted by molar-refractivity contribution is 0.112. The summed E-state index contributed by atoms with van der Waals surface area (Å²) in [7, 11) is 0. The Morgan fingerprint density at radius 2 is 1.92 bits per heavy atom. The lowest BCUT2D eigenvalue weighted by atomic mass is 9.86. The Kier molecular flexibility index (Phi) is 2.91. The van der Waals surface area contributed by atoms with Gasteiger partial charge in [0.25, 0.3) is 0 Å². The van der Waals surface area contributed by atoms with E-state index in [4.69, 9.17) is 0 Å². The van der Waals surface area contributed by atoms with E-state index >= 15 is 0 Å².